The SMILES string of the molecule is CCNC(C)Cc1nc2cc(OC)ccc2o1. The number of fused-ring (bicyclic) bond motifs is 1. The van der Waals surface area contributed by atoms with Gasteiger partial charge >= 0.3 is 0 Å². The fraction of sp³-hybridized carbons (Fsp3) is 0.462. The topological polar surface area (TPSA) is 47.3 Å². The molecule has 1 N–H and O–H groups in total. The molecule has 0 bridgehead atoms. The van der Waals surface area contributed by atoms with Crippen molar-refractivity contribution in [1.82, 2.24) is 10.3 Å². The molecule has 0 aliphatic carbocycles. The predicted octanol–water partition coefficient (Wildman–Crippen LogP) is 2.38. The molecule has 0 amide bonds. The summed E-state index contributed by atoms with van der Waals surface area (Å²) in [6, 6.07) is 6.03. The molecule has 1 heterocycles. The maximum Gasteiger partial charge on any atom is 0.197 e. The molecule has 0 radical (unpaired) electrons. The normalized spacial score (nSPS) is 12.9. The van der Waals surface area contributed by atoms with Gasteiger partial charge in [-0.05, 0) is 25.6 Å². The van der Waals surface area contributed by atoms with E-state index in [0.29, 0.717) is 6.04 Å². The number of likely N-dealkylation sites (N-methyl/N-ethyl adjacent to an activating group) is 1. The van der Waals surface area contributed by atoms with Crippen LogP contribution in [0.25, 0.3) is 11.1 Å². The molecule has 1 aromatic carbocycles. The van der Waals surface area contributed by atoms with Crippen LogP contribution in [0.15, 0.2) is 22.6 Å². The number of aromatic nitrogens is 1. The fourth-order valence-corrected chi connectivity index (χ4v) is 1.85. The van der Waals surface area contributed by atoms with Gasteiger partial charge in [0.15, 0.2) is 11.5 Å². The number of benzene rings is 1. The van der Waals surface area contributed by atoms with Crippen LogP contribution in [0.4, 0.5) is 0 Å². The lowest BCUT2D eigenvalue weighted by Crippen LogP contribution is -2.27. The summed E-state index contributed by atoms with van der Waals surface area (Å²) in [5.74, 6) is 1.57. The first kappa shape index (κ1) is 11.9. The van der Waals surface area contributed by atoms with E-state index in [1.54, 1.807) is 7.11 Å². The van der Waals surface area contributed by atoms with Crippen molar-refractivity contribution < 1.29 is 9.15 Å². The number of nitrogens with zero attached hydrogens (tertiary/aromatic N) is 1. The summed E-state index contributed by atoms with van der Waals surface area (Å²) in [7, 11) is 1.65. The van der Waals surface area contributed by atoms with Gasteiger partial charge in [-0.25, -0.2) is 4.98 Å². The Labute approximate surface area is 101 Å². The quantitative estimate of drug-likeness (QED) is 0.862. The van der Waals surface area contributed by atoms with Crippen molar-refractivity contribution in [2.75, 3.05) is 13.7 Å². The van der Waals surface area contributed by atoms with E-state index in [4.69, 9.17) is 9.15 Å². The van der Waals surface area contributed by atoms with E-state index in [2.05, 4.69) is 24.1 Å². The molecule has 1 atom stereocenters. The number of ether oxygens (including phenoxy) is 1. The van der Waals surface area contributed by atoms with Crippen LogP contribution in [-0.2, 0) is 6.42 Å². The number of hydrogen-bond donors (Lipinski definition) is 1. The second-order valence-electron chi connectivity index (χ2n) is 4.10. The molecule has 0 aliphatic rings. The van der Waals surface area contributed by atoms with Gasteiger partial charge in [0.1, 0.15) is 11.3 Å². The molecular formula is C13H18N2O2. The van der Waals surface area contributed by atoms with Crippen molar-refractivity contribution in [3.63, 3.8) is 0 Å². The smallest absolute Gasteiger partial charge is 0.197 e. The molecule has 1 unspecified atom stereocenters. The maximum atomic E-state index is 5.68. The molecule has 0 saturated carbocycles. The Balaban J connectivity index is 2.19. The summed E-state index contributed by atoms with van der Waals surface area (Å²) in [5.41, 5.74) is 1.66. The van der Waals surface area contributed by atoms with Crippen LogP contribution in [0.5, 0.6) is 5.75 Å². The third-order valence-electron chi connectivity index (χ3n) is 2.67. The minimum Gasteiger partial charge on any atom is -0.497 e. The summed E-state index contributed by atoms with van der Waals surface area (Å²) < 4.78 is 10.8. The Morgan fingerprint density at radius 2 is 2.29 bits per heavy atom. The number of hydrogen-bond acceptors (Lipinski definition) is 4. The Kier molecular flexibility index (Phi) is 3.64. The Bertz CT molecular complexity index is 493. The molecule has 0 fully saturated rings. The average Bonchev–Trinajstić information content (AvgIpc) is 2.69. The molecule has 0 aliphatic heterocycles. The van der Waals surface area contributed by atoms with Crippen molar-refractivity contribution >= 4 is 11.1 Å². The first-order chi connectivity index (χ1) is 8.22. The van der Waals surface area contributed by atoms with Gasteiger partial charge in [-0.2, -0.15) is 0 Å². The van der Waals surface area contributed by atoms with Crippen molar-refractivity contribution in [1.29, 1.82) is 0 Å². The highest BCUT2D eigenvalue weighted by Gasteiger charge is 2.10. The van der Waals surface area contributed by atoms with E-state index < -0.39 is 0 Å². The average molecular weight is 234 g/mol. The molecule has 0 saturated heterocycles. The van der Waals surface area contributed by atoms with Gasteiger partial charge in [-0.15, -0.1) is 0 Å². The molecule has 0 spiro atoms. The minimum atomic E-state index is 0.370. The van der Waals surface area contributed by atoms with Gasteiger partial charge in [0.25, 0.3) is 0 Å². The second-order valence-corrected chi connectivity index (χ2v) is 4.10. The van der Waals surface area contributed by atoms with Crippen molar-refractivity contribution in [2.24, 2.45) is 0 Å². The molecule has 2 aromatic rings. The lowest BCUT2D eigenvalue weighted by atomic mass is 10.2. The second kappa shape index (κ2) is 5.19. The van der Waals surface area contributed by atoms with Crippen LogP contribution >= 0.6 is 0 Å². The van der Waals surface area contributed by atoms with Gasteiger partial charge < -0.3 is 14.5 Å². The Hall–Kier alpha value is -1.55. The van der Waals surface area contributed by atoms with Crippen LogP contribution in [-0.4, -0.2) is 24.7 Å². The first-order valence-electron chi connectivity index (χ1n) is 5.89. The zero-order chi connectivity index (χ0) is 12.3. The number of nitrogens with one attached hydrogen (secondary N) is 1. The summed E-state index contributed by atoms with van der Waals surface area (Å²) >= 11 is 0. The van der Waals surface area contributed by atoms with E-state index >= 15 is 0 Å². The summed E-state index contributed by atoms with van der Waals surface area (Å²) in [5, 5.41) is 3.34. The molecule has 1 aromatic heterocycles. The lowest BCUT2D eigenvalue weighted by molar-refractivity contribution is 0.415. The summed E-state index contributed by atoms with van der Waals surface area (Å²) in [6.45, 7) is 5.17. The highest BCUT2D eigenvalue weighted by atomic mass is 16.5. The van der Waals surface area contributed by atoms with Gasteiger partial charge in [0.05, 0.1) is 7.11 Å². The number of rotatable bonds is 5. The minimum absolute atomic E-state index is 0.370. The molecule has 4 nitrogen and oxygen atoms in total. The molecule has 2 rings (SSSR count). The maximum absolute atomic E-state index is 5.68. The lowest BCUT2D eigenvalue weighted by Gasteiger charge is -2.08. The number of methoxy groups -OCH3 is 1. The zero-order valence-corrected chi connectivity index (χ0v) is 10.5. The van der Waals surface area contributed by atoms with E-state index in [1.807, 2.05) is 18.2 Å². The highest BCUT2D eigenvalue weighted by molar-refractivity contribution is 5.74. The van der Waals surface area contributed by atoms with Crippen molar-refractivity contribution in [3.8, 4) is 5.75 Å². The van der Waals surface area contributed by atoms with Crippen molar-refractivity contribution in [3.05, 3.63) is 24.1 Å². The summed E-state index contributed by atoms with van der Waals surface area (Å²) in [6.07, 6.45) is 0.796. The van der Waals surface area contributed by atoms with Crippen LogP contribution in [0.2, 0.25) is 0 Å². The third-order valence-corrected chi connectivity index (χ3v) is 2.67. The van der Waals surface area contributed by atoms with Crippen LogP contribution in [0.3, 0.4) is 0 Å². The van der Waals surface area contributed by atoms with Gasteiger partial charge in [0.2, 0.25) is 0 Å². The molecule has 4 heteroatoms. The van der Waals surface area contributed by atoms with Crippen LogP contribution in [0.1, 0.15) is 19.7 Å². The molecule has 92 valence electrons. The monoisotopic (exact) mass is 234 g/mol. The van der Waals surface area contributed by atoms with E-state index in [-0.39, 0.29) is 0 Å². The van der Waals surface area contributed by atoms with E-state index in [0.717, 1.165) is 35.7 Å². The van der Waals surface area contributed by atoms with Crippen LogP contribution < -0.4 is 10.1 Å². The molecular weight excluding hydrogens is 216 g/mol. The number of oxazole rings is 1. The summed E-state index contributed by atoms with van der Waals surface area (Å²) in [4.78, 5) is 4.46. The zero-order valence-electron chi connectivity index (χ0n) is 10.5. The fourth-order valence-electron chi connectivity index (χ4n) is 1.85. The van der Waals surface area contributed by atoms with E-state index in [1.165, 1.54) is 0 Å². The van der Waals surface area contributed by atoms with Crippen LogP contribution in [0, 0.1) is 0 Å². The van der Waals surface area contributed by atoms with Crippen molar-refractivity contribution in [2.45, 2.75) is 26.3 Å². The first-order valence-corrected chi connectivity index (χ1v) is 5.89. The third kappa shape index (κ3) is 2.77. The Morgan fingerprint density at radius 1 is 1.47 bits per heavy atom. The standard InChI is InChI=1S/C13H18N2O2/c1-4-14-9(2)7-13-15-11-8-10(16-3)5-6-12(11)17-13/h5-6,8-9,14H,4,7H2,1-3H3. The highest BCUT2D eigenvalue weighted by Crippen LogP contribution is 2.21. The van der Waals surface area contributed by atoms with Gasteiger partial charge in [-0.1, -0.05) is 6.92 Å². The Morgan fingerprint density at radius 3 is 3.00 bits per heavy atom. The van der Waals surface area contributed by atoms with E-state index in [9.17, 15) is 0 Å². The van der Waals surface area contributed by atoms with Gasteiger partial charge in [0, 0.05) is 18.5 Å². The molecule has 17 heavy (non-hydrogen) atoms. The largest absolute Gasteiger partial charge is 0.497 e. The predicted molar refractivity (Wildman–Crippen MR) is 67.4 cm³/mol. The van der Waals surface area contributed by atoms with Gasteiger partial charge in [-0.3, -0.25) is 0 Å².